The molecule has 2 unspecified atom stereocenters. The second-order valence-corrected chi connectivity index (χ2v) is 4.90. The summed E-state index contributed by atoms with van der Waals surface area (Å²) in [6.07, 6.45) is 0.894. The summed E-state index contributed by atoms with van der Waals surface area (Å²) in [5.74, 6) is -0.235. The summed E-state index contributed by atoms with van der Waals surface area (Å²) in [5.41, 5.74) is 0.323. The van der Waals surface area contributed by atoms with E-state index in [-0.39, 0.29) is 30.1 Å². The molecule has 1 aliphatic heterocycles. The third-order valence-electron chi connectivity index (χ3n) is 3.52. The third-order valence-corrected chi connectivity index (χ3v) is 3.52. The van der Waals surface area contributed by atoms with Crippen molar-refractivity contribution in [3.8, 4) is 5.75 Å². The van der Waals surface area contributed by atoms with E-state index >= 15 is 0 Å². The van der Waals surface area contributed by atoms with Gasteiger partial charge in [-0.2, -0.15) is 0 Å². The van der Waals surface area contributed by atoms with E-state index in [9.17, 15) is 9.18 Å². The van der Waals surface area contributed by atoms with E-state index in [1.807, 2.05) is 0 Å². The van der Waals surface area contributed by atoms with Crippen LogP contribution < -0.4 is 15.4 Å². The summed E-state index contributed by atoms with van der Waals surface area (Å²) in [6, 6.07) is 4.39. The van der Waals surface area contributed by atoms with Gasteiger partial charge in [0.25, 0.3) is 5.91 Å². The van der Waals surface area contributed by atoms with Gasteiger partial charge in [-0.3, -0.25) is 4.79 Å². The van der Waals surface area contributed by atoms with Crippen LogP contribution >= 0.6 is 12.4 Å². The molecule has 1 aliphatic rings. The maximum atomic E-state index is 13.6. The van der Waals surface area contributed by atoms with Gasteiger partial charge in [-0.15, -0.1) is 12.4 Å². The van der Waals surface area contributed by atoms with Crippen LogP contribution in [0.3, 0.4) is 0 Å². The molecule has 0 radical (unpaired) electrons. The Morgan fingerprint density at radius 3 is 2.85 bits per heavy atom. The molecule has 2 N–H and O–H groups in total. The molecule has 6 heteroatoms. The molecule has 0 aromatic heterocycles. The Morgan fingerprint density at radius 2 is 2.25 bits per heavy atom. The van der Waals surface area contributed by atoms with Crippen molar-refractivity contribution in [2.75, 3.05) is 20.2 Å². The highest BCUT2D eigenvalue weighted by molar-refractivity contribution is 5.94. The average molecular weight is 303 g/mol. The number of carbonyl (C=O) groups is 1. The first-order valence-electron chi connectivity index (χ1n) is 6.47. The number of piperidine rings is 1. The summed E-state index contributed by atoms with van der Waals surface area (Å²) in [4.78, 5) is 12.1. The Hall–Kier alpha value is -1.33. The van der Waals surface area contributed by atoms with Crippen LogP contribution in [0.25, 0.3) is 0 Å². The second-order valence-electron chi connectivity index (χ2n) is 4.90. The van der Waals surface area contributed by atoms with Crippen LogP contribution in [0.15, 0.2) is 18.2 Å². The van der Waals surface area contributed by atoms with E-state index in [1.54, 1.807) is 6.07 Å². The Bertz CT molecular complexity index is 470. The van der Waals surface area contributed by atoms with Crippen LogP contribution in [0, 0.1) is 11.7 Å². The lowest BCUT2D eigenvalue weighted by Crippen LogP contribution is -2.48. The van der Waals surface area contributed by atoms with Crippen molar-refractivity contribution in [2.45, 2.75) is 19.4 Å². The van der Waals surface area contributed by atoms with E-state index in [0.29, 0.717) is 11.5 Å². The number of halogens is 2. The van der Waals surface area contributed by atoms with Crippen molar-refractivity contribution in [1.82, 2.24) is 10.6 Å². The monoisotopic (exact) mass is 302 g/mol. The maximum Gasteiger partial charge on any atom is 0.251 e. The van der Waals surface area contributed by atoms with Gasteiger partial charge in [-0.05, 0) is 43.6 Å². The fourth-order valence-electron chi connectivity index (χ4n) is 2.29. The number of amides is 1. The fourth-order valence-corrected chi connectivity index (χ4v) is 2.29. The van der Waals surface area contributed by atoms with Crippen LogP contribution in [-0.2, 0) is 0 Å². The normalized spacial score (nSPS) is 21.8. The van der Waals surface area contributed by atoms with Crippen LogP contribution in [0.1, 0.15) is 23.7 Å². The number of hydrogen-bond acceptors (Lipinski definition) is 3. The molecule has 0 spiro atoms. The Morgan fingerprint density at radius 1 is 1.50 bits per heavy atom. The lowest BCUT2D eigenvalue weighted by molar-refractivity contribution is 0.0913. The Kier molecular flexibility index (Phi) is 6.23. The molecule has 1 amide bonds. The molecular weight excluding hydrogens is 283 g/mol. The zero-order chi connectivity index (χ0) is 13.8. The molecule has 112 valence electrons. The van der Waals surface area contributed by atoms with Gasteiger partial charge in [-0.1, -0.05) is 6.92 Å². The highest BCUT2D eigenvalue weighted by Crippen LogP contribution is 2.18. The number of nitrogens with one attached hydrogen (secondary N) is 2. The number of methoxy groups -OCH3 is 1. The first-order chi connectivity index (χ1) is 9.11. The molecule has 1 saturated heterocycles. The van der Waals surface area contributed by atoms with Gasteiger partial charge >= 0.3 is 0 Å². The number of ether oxygens (including phenoxy) is 1. The van der Waals surface area contributed by atoms with Crippen molar-refractivity contribution in [2.24, 2.45) is 5.92 Å². The average Bonchev–Trinajstić information content (AvgIpc) is 2.41. The van der Waals surface area contributed by atoms with Gasteiger partial charge in [0.15, 0.2) is 11.6 Å². The molecular formula is C14H20ClFN2O2. The predicted molar refractivity (Wildman–Crippen MR) is 78.1 cm³/mol. The molecule has 2 atom stereocenters. The minimum Gasteiger partial charge on any atom is -0.494 e. The summed E-state index contributed by atoms with van der Waals surface area (Å²) in [7, 11) is 1.40. The largest absolute Gasteiger partial charge is 0.494 e. The van der Waals surface area contributed by atoms with E-state index < -0.39 is 5.82 Å². The van der Waals surface area contributed by atoms with Gasteiger partial charge in [0.2, 0.25) is 0 Å². The second kappa shape index (κ2) is 7.45. The predicted octanol–water partition coefficient (Wildman–Crippen LogP) is 1.98. The van der Waals surface area contributed by atoms with Crippen molar-refractivity contribution in [3.05, 3.63) is 29.6 Å². The molecule has 4 nitrogen and oxygen atoms in total. The van der Waals surface area contributed by atoms with Crippen LogP contribution in [0.5, 0.6) is 5.75 Å². The highest BCUT2D eigenvalue weighted by atomic mass is 35.5. The van der Waals surface area contributed by atoms with Crippen LogP contribution in [0.4, 0.5) is 4.39 Å². The molecule has 0 saturated carbocycles. The number of hydrogen-bond donors (Lipinski definition) is 2. The van der Waals surface area contributed by atoms with E-state index in [4.69, 9.17) is 4.74 Å². The molecule has 1 fully saturated rings. The molecule has 1 aromatic rings. The lowest BCUT2D eigenvalue weighted by Gasteiger charge is -2.30. The minimum absolute atomic E-state index is 0. The standard InChI is InChI=1S/C14H19FN2O2.ClH/c1-9-8-16-6-5-12(9)17-14(18)10-3-4-13(19-2)11(15)7-10;/h3-4,7,9,12,16H,5-6,8H2,1-2H3,(H,17,18);1H. The smallest absolute Gasteiger partial charge is 0.251 e. The molecule has 0 bridgehead atoms. The lowest BCUT2D eigenvalue weighted by atomic mass is 9.95. The Balaban J connectivity index is 0.00000200. The van der Waals surface area contributed by atoms with Crippen LogP contribution in [-0.4, -0.2) is 32.1 Å². The van der Waals surface area contributed by atoms with Crippen molar-refractivity contribution in [1.29, 1.82) is 0 Å². The van der Waals surface area contributed by atoms with Crippen molar-refractivity contribution in [3.63, 3.8) is 0 Å². The highest BCUT2D eigenvalue weighted by Gasteiger charge is 2.23. The summed E-state index contributed by atoms with van der Waals surface area (Å²) < 4.78 is 18.4. The fraction of sp³-hybridized carbons (Fsp3) is 0.500. The van der Waals surface area contributed by atoms with Crippen molar-refractivity contribution >= 4 is 18.3 Å². The maximum absolute atomic E-state index is 13.6. The Labute approximate surface area is 124 Å². The van der Waals surface area contributed by atoms with E-state index in [0.717, 1.165) is 19.5 Å². The van der Waals surface area contributed by atoms with E-state index in [1.165, 1.54) is 19.2 Å². The van der Waals surface area contributed by atoms with Gasteiger partial charge in [0, 0.05) is 11.6 Å². The summed E-state index contributed by atoms with van der Waals surface area (Å²) in [5, 5.41) is 6.24. The quantitative estimate of drug-likeness (QED) is 0.898. The molecule has 0 aliphatic carbocycles. The number of carbonyl (C=O) groups excluding carboxylic acids is 1. The first-order valence-corrected chi connectivity index (χ1v) is 6.47. The topological polar surface area (TPSA) is 50.4 Å². The van der Waals surface area contributed by atoms with Crippen LogP contribution in [0.2, 0.25) is 0 Å². The van der Waals surface area contributed by atoms with E-state index in [2.05, 4.69) is 17.6 Å². The number of rotatable bonds is 3. The molecule has 20 heavy (non-hydrogen) atoms. The zero-order valence-corrected chi connectivity index (χ0v) is 12.4. The third kappa shape index (κ3) is 3.84. The molecule has 1 heterocycles. The van der Waals surface area contributed by atoms with Gasteiger partial charge in [-0.25, -0.2) is 4.39 Å². The zero-order valence-electron chi connectivity index (χ0n) is 11.6. The van der Waals surface area contributed by atoms with Gasteiger partial charge in [0.05, 0.1) is 7.11 Å². The summed E-state index contributed by atoms with van der Waals surface area (Å²) in [6.45, 7) is 3.87. The van der Waals surface area contributed by atoms with Gasteiger partial charge in [0.1, 0.15) is 0 Å². The summed E-state index contributed by atoms with van der Waals surface area (Å²) >= 11 is 0. The minimum atomic E-state index is -0.520. The van der Waals surface area contributed by atoms with Gasteiger partial charge < -0.3 is 15.4 Å². The SMILES string of the molecule is COc1ccc(C(=O)NC2CCNCC2C)cc1F.Cl. The van der Waals surface area contributed by atoms with Crippen molar-refractivity contribution < 1.29 is 13.9 Å². The number of benzene rings is 1. The molecule has 2 rings (SSSR count). The molecule has 1 aromatic carbocycles. The first kappa shape index (κ1) is 16.7.